The Morgan fingerprint density at radius 2 is 2.16 bits per heavy atom. The van der Waals surface area contributed by atoms with Crippen LogP contribution in [0.3, 0.4) is 0 Å². The third-order valence-electron chi connectivity index (χ3n) is 3.68. The highest BCUT2D eigenvalue weighted by Gasteiger charge is 2.30. The van der Waals surface area contributed by atoms with Gasteiger partial charge in [-0.15, -0.1) is 0 Å². The summed E-state index contributed by atoms with van der Waals surface area (Å²) in [5, 5.41) is 0. The normalized spacial score (nSPS) is 18.5. The molecule has 19 heavy (non-hydrogen) atoms. The first-order valence-corrected chi connectivity index (χ1v) is 6.72. The summed E-state index contributed by atoms with van der Waals surface area (Å²) in [6, 6.07) is 5.93. The average molecular weight is 263 g/mol. The molecule has 1 aliphatic rings. The van der Waals surface area contributed by atoms with E-state index < -0.39 is 0 Å². The minimum absolute atomic E-state index is 0.133. The third-order valence-corrected chi connectivity index (χ3v) is 3.68. The van der Waals surface area contributed by atoms with Crippen molar-refractivity contribution in [1.82, 2.24) is 4.90 Å². The Hall–Kier alpha value is -1.71. The number of nitrogens with zero attached hydrogens (tertiary/aromatic N) is 1. The van der Waals surface area contributed by atoms with Crippen molar-refractivity contribution in [3.8, 4) is 11.5 Å². The van der Waals surface area contributed by atoms with Crippen LogP contribution in [-0.2, 0) is 4.79 Å². The first-order chi connectivity index (χ1) is 9.21. The summed E-state index contributed by atoms with van der Waals surface area (Å²) >= 11 is 0. The van der Waals surface area contributed by atoms with E-state index in [-0.39, 0.29) is 11.9 Å². The van der Waals surface area contributed by atoms with Crippen LogP contribution in [0.25, 0.3) is 0 Å². The highest BCUT2D eigenvalue weighted by Crippen LogP contribution is 2.38. The van der Waals surface area contributed by atoms with E-state index in [0.29, 0.717) is 6.42 Å². The molecule has 1 aliphatic heterocycles. The second-order valence-electron chi connectivity index (χ2n) is 4.71. The molecule has 0 N–H and O–H groups in total. The molecule has 0 radical (unpaired) electrons. The van der Waals surface area contributed by atoms with Crippen LogP contribution in [0.4, 0.5) is 0 Å². The van der Waals surface area contributed by atoms with Crippen molar-refractivity contribution in [2.24, 2.45) is 0 Å². The molecule has 1 heterocycles. The Balaban J connectivity index is 2.32. The average Bonchev–Trinajstić information content (AvgIpc) is 2.94. The van der Waals surface area contributed by atoms with Crippen molar-refractivity contribution in [1.29, 1.82) is 0 Å². The van der Waals surface area contributed by atoms with Crippen LogP contribution in [0.15, 0.2) is 18.2 Å². The van der Waals surface area contributed by atoms with Gasteiger partial charge in [0.15, 0.2) is 0 Å². The lowest BCUT2D eigenvalue weighted by Crippen LogP contribution is -2.29. The van der Waals surface area contributed by atoms with E-state index in [1.807, 2.05) is 30.0 Å². The number of rotatable bonds is 4. The molecule has 1 fully saturated rings. The van der Waals surface area contributed by atoms with Crippen LogP contribution in [0, 0.1) is 0 Å². The maximum Gasteiger partial charge on any atom is 0.222 e. The van der Waals surface area contributed by atoms with Crippen molar-refractivity contribution in [2.75, 3.05) is 20.8 Å². The molecule has 104 valence electrons. The summed E-state index contributed by atoms with van der Waals surface area (Å²) < 4.78 is 10.7. The smallest absolute Gasteiger partial charge is 0.222 e. The second kappa shape index (κ2) is 5.95. The Kier molecular flexibility index (Phi) is 4.30. The lowest BCUT2D eigenvalue weighted by Gasteiger charge is -2.26. The molecule has 1 unspecified atom stereocenters. The number of benzene rings is 1. The number of carbonyl (C=O) groups excluding carboxylic acids is 1. The van der Waals surface area contributed by atoms with Gasteiger partial charge in [-0.1, -0.05) is 6.92 Å². The van der Waals surface area contributed by atoms with Crippen LogP contribution in [0.1, 0.15) is 37.8 Å². The lowest BCUT2D eigenvalue weighted by molar-refractivity contribution is -0.131. The molecule has 0 aliphatic carbocycles. The van der Waals surface area contributed by atoms with Gasteiger partial charge in [-0.25, -0.2) is 0 Å². The maximum absolute atomic E-state index is 12.0. The Morgan fingerprint density at radius 3 is 2.79 bits per heavy atom. The molecule has 4 heteroatoms. The predicted molar refractivity (Wildman–Crippen MR) is 73.5 cm³/mol. The van der Waals surface area contributed by atoms with Gasteiger partial charge in [0.05, 0.1) is 20.3 Å². The number of hydrogen-bond acceptors (Lipinski definition) is 3. The number of ether oxygens (including phenoxy) is 2. The molecule has 1 atom stereocenters. The van der Waals surface area contributed by atoms with Gasteiger partial charge >= 0.3 is 0 Å². The van der Waals surface area contributed by atoms with Gasteiger partial charge in [-0.3, -0.25) is 4.79 Å². The largest absolute Gasteiger partial charge is 0.497 e. The molecule has 0 saturated carbocycles. The van der Waals surface area contributed by atoms with Gasteiger partial charge in [-0.05, 0) is 25.0 Å². The molecule has 0 aromatic heterocycles. The molecule has 1 saturated heterocycles. The number of amides is 1. The molecule has 2 rings (SSSR count). The van der Waals surface area contributed by atoms with Crippen molar-refractivity contribution >= 4 is 5.91 Å². The van der Waals surface area contributed by atoms with Gasteiger partial charge in [0.1, 0.15) is 11.5 Å². The van der Waals surface area contributed by atoms with Gasteiger partial charge < -0.3 is 14.4 Å². The first-order valence-electron chi connectivity index (χ1n) is 6.72. The van der Waals surface area contributed by atoms with Crippen molar-refractivity contribution < 1.29 is 14.3 Å². The quantitative estimate of drug-likeness (QED) is 0.838. The summed E-state index contributed by atoms with van der Waals surface area (Å²) in [6.07, 6.45) is 2.59. The summed E-state index contributed by atoms with van der Waals surface area (Å²) in [5.74, 6) is 1.77. The summed E-state index contributed by atoms with van der Waals surface area (Å²) in [5.41, 5.74) is 1.07. The standard InChI is InChI=1S/C15H21NO3/c1-4-15(17)16-9-5-6-13(16)12-8-7-11(18-2)10-14(12)19-3/h7-8,10,13H,4-6,9H2,1-3H3. The van der Waals surface area contributed by atoms with Crippen molar-refractivity contribution in [3.63, 3.8) is 0 Å². The van der Waals surface area contributed by atoms with Gasteiger partial charge in [0, 0.05) is 24.6 Å². The van der Waals surface area contributed by atoms with Crippen LogP contribution in [0.2, 0.25) is 0 Å². The van der Waals surface area contributed by atoms with E-state index in [9.17, 15) is 4.79 Å². The van der Waals surface area contributed by atoms with Crippen LogP contribution in [0.5, 0.6) is 11.5 Å². The van der Waals surface area contributed by atoms with Crippen LogP contribution >= 0.6 is 0 Å². The highest BCUT2D eigenvalue weighted by molar-refractivity contribution is 5.76. The molecule has 4 nitrogen and oxygen atoms in total. The molecule has 1 aromatic carbocycles. The molecule has 1 amide bonds. The van der Waals surface area contributed by atoms with Gasteiger partial charge in [0.25, 0.3) is 0 Å². The third kappa shape index (κ3) is 2.67. The SMILES string of the molecule is CCC(=O)N1CCCC1c1ccc(OC)cc1OC. The fourth-order valence-electron chi connectivity index (χ4n) is 2.69. The second-order valence-corrected chi connectivity index (χ2v) is 4.71. The monoisotopic (exact) mass is 263 g/mol. The summed E-state index contributed by atoms with van der Waals surface area (Å²) in [7, 11) is 3.29. The number of hydrogen-bond donors (Lipinski definition) is 0. The van der Waals surface area contributed by atoms with E-state index in [1.165, 1.54) is 0 Å². The molecule has 0 bridgehead atoms. The maximum atomic E-state index is 12.0. The topological polar surface area (TPSA) is 38.8 Å². The van der Waals surface area contributed by atoms with Crippen LogP contribution in [-0.4, -0.2) is 31.6 Å². The fourth-order valence-corrected chi connectivity index (χ4v) is 2.69. The fraction of sp³-hybridized carbons (Fsp3) is 0.533. The first kappa shape index (κ1) is 13.7. The molecular weight excluding hydrogens is 242 g/mol. The predicted octanol–water partition coefficient (Wildman–Crippen LogP) is 2.78. The lowest BCUT2D eigenvalue weighted by atomic mass is 10.0. The zero-order chi connectivity index (χ0) is 13.8. The van der Waals surface area contributed by atoms with Gasteiger partial charge in [-0.2, -0.15) is 0 Å². The van der Waals surface area contributed by atoms with Gasteiger partial charge in [0.2, 0.25) is 5.91 Å². The minimum Gasteiger partial charge on any atom is -0.497 e. The van der Waals surface area contributed by atoms with E-state index >= 15 is 0 Å². The molecule has 0 spiro atoms. The van der Waals surface area contributed by atoms with E-state index in [2.05, 4.69) is 0 Å². The van der Waals surface area contributed by atoms with E-state index in [1.54, 1.807) is 14.2 Å². The van der Waals surface area contributed by atoms with Crippen molar-refractivity contribution in [2.45, 2.75) is 32.2 Å². The molecular formula is C15H21NO3. The van der Waals surface area contributed by atoms with E-state index in [4.69, 9.17) is 9.47 Å². The minimum atomic E-state index is 0.133. The summed E-state index contributed by atoms with van der Waals surface area (Å²) in [6.45, 7) is 2.75. The van der Waals surface area contributed by atoms with Crippen molar-refractivity contribution in [3.05, 3.63) is 23.8 Å². The Labute approximate surface area is 114 Å². The van der Waals surface area contributed by atoms with E-state index in [0.717, 1.165) is 36.4 Å². The zero-order valence-corrected chi connectivity index (χ0v) is 11.8. The highest BCUT2D eigenvalue weighted by atomic mass is 16.5. The Bertz CT molecular complexity index is 459. The number of carbonyl (C=O) groups is 1. The zero-order valence-electron chi connectivity index (χ0n) is 11.8. The number of likely N-dealkylation sites (tertiary alicyclic amines) is 1. The summed E-state index contributed by atoms with van der Waals surface area (Å²) in [4.78, 5) is 13.9. The number of methoxy groups -OCH3 is 2. The van der Waals surface area contributed by atoms with Crippen LogP contribution < -0.4 is 9.47 Å². The Morgan fingerprint density at radius 1 is 1.37 bits per heavy atom. The molecule has 1 aromatic rings.